The van der Waals surface area contributed by atoms with Gasteiger partial charge in [-0.15, -0.1) is 10.2 Å². The van der Waals surface area contributed by atoms with Gasteiger partial charge in [0.25, 0.3) is 0 Å². The number of halogens is 1. The minimum absolute atomic E-state index is 0.0394. The number of para-hydroxylation sites is 2. The predicted molar refractivity (Wildman–Crippen MR) is 125 cm³/mol. The standard InChI is InChI=1S/C25H22FN3O3S/c1-17(32-23-11-7-6-10-21(23)26)24-27-28-25(29(24)19-8-4-3-5-9-19)33-16-22(30)18-12-14-20(31-2)15-13-18/h3-15,17H,16H2,1-2H3. The second-order valence-corrected chi connectivity index (χ2v) is 8.09. The van der Waals surface area contributed by atoms with Crippen LogP contribution in [0.25, 0.3) is 5.69 Å². The fraction of sp³-hybridized carbons (Fsp3) is 0.160. The number of ketones is 1. The van der Waals surface area contributed by atoms with E-state index in [1.807, 2.05) is 34.9 Å². The number of thioether (sulfide) groups is 1. The number of carbonyl (C=O) groups is 1. The lowest BCUT2D eigenvalue weighted by atomic mass is 10.1. The van der Waals surface area contributed by atoms with E-state index in [1.165, 1.54) is 17.8 Å². The normalized spacial score (nSPS) is 11.7. The topological polar surface area (TPSA) is 66.2 Å². The molecular weight excluding hydrogens is 441 g/mol. The average Bonchev–Trinajstić information content (AvgIpc) is 3.28. The van der Waals surface area contributed by atoms with Crippen LogP contribution in [-0.4, -0.2) is 33.4 Å². The zero-order chi connectivity index (χ0) is 23.2. The summed E-state index contributed by atoms with van der Waals surface area (Å²) in [5.41, 5.74) is 1.41. The zero-order valence-corrected chi connectivity index (χ0v) is 19.0. The molecule has 0 bridgehead atoms. The Morgan fingerprint density at radius 3 is 2.39 bits per heavy atom. The second kappa shape index (κ2) is 10.3. The molecular formula is C25H22FN3O3S. The number of ether oxygens (including phenoxy) is 2. The van der Waals surface area contributed by atoms with E-state index in [-0.39, 0.29) is 17.3 Å². The molecule has 0 saturated heterocycles. The maximum atomic E-state index is 14.1. The van der Waals surface area contributed by atoms with Crippen molar-refractivity contribution >= 4 is 17.5 Å². The highest BCUT2D eigenvalue weighted by Gasteiger charge is 2.22. The lowest BCUT2D eigenvalue weighted by Crippen LogP contribution is -2.12. The molecule has 1 unspecified atom stereocenters. The summed E-state index contributed by atoms with van der Waals surface area (Å²) in [5.74, 6) is 1.02. The molecule has 8 heteroatoms. The molecule has 0 saturated carbocycles. The van der Waals surface area contributed by atoms with Crippen LogP contribution in [0.5, 0.6) is 11.5 Å². The Morgan fingerprint density at radius 1 is 1.00 bits per heavy atom. The minimum atomic E-state index is -0.582. The van der Waals surface area contributed by atoms with Crippen molar-refractivity contribution in [2.75, 3.05) is 12.9 Å². The third-order valence-corrected chi connectivity index (χ3v) is 5.85. The van der Waals surface area contributed by atoms with Crippen LogP contribution in [0.1, 0.15) is 29.2 Å². The van der Waals surface area contributed by atoms with Crippen molar-refractivity contribution in [3.63, 3.8) is 0 Å². The van der Waals surface area contributed by atoms with Crippen LogP contribution < -0.4 is 9.47 Å². The summed E-state index contributed by atoms with van der Waals surface area (Å²) < 4.78 is 26.9. The zero-order valence-electron chi connectivity index (χ0n) is 18.1. The number of hydrogen-bond acceptors (Lipinski definition) is 6. The molecule has 0 spiro atoms. The van der Waals surface area contributed by atoms with Gasteiger partial charge in [-0.05, 0) is 55.5 Å². The van der Waals surface area contributed by atoms with Crippen LogP contribution >= 0.6 is 11.8 Å². The van der Waals surface area contributed by atoms with Crippen molar-refractivity contribution in [3.05, 3.63) is 96.1 Å². The summed E-state index contributed by atoms with van der Waals surface area (Å²) in [5, 5.41) is 9.15. The molecule has 168 valence electrons. The predicted octanol–water partition coefficient (Wildman–Crippen LogP) is 5.53. The van der Waals surface area contributed by atoms with Crippen molar-refractivity contribution in [2.24, 2.45) is 0 Å². The monoisotopic (exact) mass is 463 g/mol. The second-order valence-electron chi connectivity index (χ2n) is 7.14. The molecule has 4 aromatic rings. The van der Waals surface area contributed by atoms with Gasteiger partial charge in [-0.3, -0.25) is 9.36 Å². The van der Waals surface area contributed by atoms with Crippen LogP contribution in [-0.2, 0) is 0 Å². The molecule has 0 fully saturated rings. The largest absolute Gasteiger partial charge is 0.497 e. The van der Waals surface area contributed by atoms with E-state index in [2.05, 4.69) is 10.2 Å². The van der Waals surface area contributed by atoms with Gasteiger partial charge in [-0.2, -0.15) is 0 Å². The van der Waals surface area contributed by atoms with Gasteiger partial charge < -0.3 is 9.47 Å². The molecule has 0 aliphatic carbocycles. The highest BCUT2D eigenvalue weighted by atomic mass is 32.2. The molecule has 3 aromatic carbocycles. The first-order valence-corrected chi connectivity index (χ1v) is 11.3. The van der Waals surface area contributed by atoms with E-state index in [0.29, 0.717) is 22.3 Å². The van der Waals surface area contributed by atoms with Gasteiger partial charge in [0.15, 0.2) is 34.4 Å². The highest BCUT2D eigenvalue weighted by molar-refractivity contribution is 7.99. The van der Waals surface area contributed by atoms with Gasteiger partial charge in [0.1, 0.15) is 5.75 Å². The van der Waals surface area contributed by atoms with E-state index in [1.54, 1.807) is 56.5 Å². The summed E-state index contributed by atoms with van der Waals surface area (Å²) in [7, 11) is 1.58. The number of rotatable bonds is 9. The number of carbonyl (C=O) groups excluding carboxylic acids is 1. The summed E-state index contributed by atoms with van der Waals surface area (Å²) in [6.45, 7) is 1.78. The van der Waals surface area contributed by atoms with Gasteiger partial charge in [0.2, 0.25) is 0 Å². The summed E-state index contributed by atoms with van der Waals surface area (Å²) in [6, 6.07) is 22.7. The quantitative estimate of drug-likeness (QED) is 0.240. The lowest BCUT2D eigenvalue weighted by Gasteiger charge is -2.17. The van der Waals surface area contributed by atoms with Crippen LogP contribution in [0, 0.1) is 5.82 Å². The first kappa shape index (κ1) is 22.5. The summed E-state index contributed by atoms with van der Waals surface area (Å²) >= 11 is 1.28. The molecule has 0 aliphatic heterocycles. The molecule has 33 heavy (non-hydrogen) atoms. The van der Waals surface area contributed by atoms with Crippen LogP contribution in [0.3, 0.4) is 0 Å². The Bertz CT molecular complexity index is 1230. The van der Waals surface area contributed by atoms with Crippen LogP contribution in [0.4, 0.5) is 4.39 Å². The Hall–Kier alpha value is -3.65. The first-order chi connectivity index (χ1) is 16.1. The van der Waals surface area contributed by atoms with E-state index < -0.39 is 11.9 Å². The maximum Gasteiger partial charge on any atom is 0.196 e. The highest BCUT2D eigenvalue weighted by Crippen LogP contribution is 2.29. The van der Waals surface area contributed by atoms with Crippen LogP contribution in [0.2, 0.25) is 0 Å². The molecule has 0 amide bonds. The van der Waals surface area contributed by atoms with Crippen molar-refractivity contribution in [3.8, 4) is 17.2 Å². The number of nitrogens with zero attached hydrogens (tertiary/aromatic N) is 3. The summed E-state index contributed by atoms with van der Waals surface area (Å²) in [4.78, 5) is 12.7. The molecule has 1 aromatic heterocycles. The molecule has 1 heterocycles. The van der Waals surface area contributed by atoms with E-state index in [0.717, 1.165) is 5.69 Å². The van der Waals surface area contributed by atoms with Crippen molar-refractivity contribution in [1.29, 1.82) is 0 Å². The molecule has 0 radical (unpaired) electrons. The van der Waals surface area contributed by atoms with E-state index >= 15 is 0 Å². The van der Waals surface area contributed by atoms with Crippen molar-refractivity contribution in [2.45, 2.75) is 18.2 Å². The van der Waals surface area contributed by atoms with Gasteiger partial charge in [0.05, 0.1) is 12.9 Å². The van der Waals surface area contributed by atoms with Crippen molar-refractivity contribution < 1.29 is 18.7 Å². The number of methoxy groups -OCH3 is 1. The smallest absolute Gasteiger partial charge is 0.196 e. The lowest BCUT2D eigenvalue weighted by molar-refractivity contribution is 0.102. The van der Waals surface area contributed by atoms with Gasteiger partial charge >= 0.3 is 0 Å². The SMILES string of the molecule is COc1ccc(C(=O)CSc2nnc(C(C)Oc3ccccc3F)n2-c2ccccc2)cc1. The number of Topliss-reactive ketones (excluding diaryl/α,β-unsaturated/α-hetero) is 1. The molecule has 0 N–H and O–H groups in total. The Morgan fingerprint density at radius 2 is 1.70 bits per heavy atom. The Kier molecular flexibility index (Phi) is 7.04. The number of hydrogen-bond donors (Lipinski definition) is 0. The Balaban J connectivity index is 1.58. The third-order valence-electron chi connectivity index (χ3n) is 4.92. The minimum Gasteiger partial charge on any atom is -0.497 e. The molecule has 0 aliphatic rings. The maximum absolute atomic E-state index is 14.1. The van der Waals surface area contributed by atoms with E-state index in [9.17, 15) is 9.18 Å². The van der Waals surface area contributed by atoms with Gasteiger partial charge in [-0.1, -0.05) is 42.1 Å². The van der Waals surface area contributed by atoms with E-state index in [4.69, 9.17) is 9.47 Å². The average molecular weight is 464 g/mol. The molecule has 4 rings (SSSR count). The van der Waals surface area contributed by atoms with Crippen LogP contribution in [0.15, 0.2) is 84.0 Å². The first-order valence-electron chi connectivity index (χ1n) is 10.3. The summed E-state index contributed by atoms with van der Waals surface area (Å²) in [6.07, 6.45) is -0.582. The fourth-order valence-corrected chi connectivity index (χ4v) is 4.09. The van der Waals surface area contributed by atoms with Gasteiger partial charge in [0, 0.05) is 11.3 Å². The molecule has 6 nitrogen and oxygen atoms in total. The number of benzene rings is 3. The van der Waals surface area contributed by atoms with Gasteiger partial charge in [-0.25, -0.2) is 4.39 Å². The Labute approximate surface area is 195 Å². The third kappa shape index (κ3) is 5.23. The molecule has 1 atom stereocenters. The fourth-order valence-electron chi connectivity index (χ4n) is 3.23. The number of aromatic nitrogens is 3. The van der Waals surface area contributed by atoms with Crippen molar-refractivity contribution in [1.82, 2.24) is 14.8 Å².